The van der Waals surface area contributed by atoms with Gasteiger partial charge >= 0.3 is 0 Å². The Balaban J connectivity index is 2.73. The van der Waals surface area contributed by atoms with Crippen LogP contribution < -0.4 is 9.47 Å². The summed E-state index contributed by atoms with van der Waals surface area (Å²) in [6, 6.07) is 10.3. The summed E-state index contributed by atoms with van der Waals surface area (Å²) in [5.41, 5.74) is 1.23. The van der Waals surface area contributed by atoms with Gasteiger partial charge in [-0.1, -0.05) is 26.0 Å². The molecule has 2 nitrogen and oxygen atoms in total. The number of rotatable bonds is 3. The van der Waals surface area contributed by atoms with Crippen molar-refractivity contribution < 1.29 is 9.47 Å². The van der Waals surface area contributed by atoms with Crippen LogP contribution >= 0.6 is 0 Å². The van der Waals surface area contributed by atoms with E-state index in [-0.39, 0.29) is 0 Å². The summed E-state index contributed by atoms with van der Waals surface area (Å²) in [4.78, 5) is 0. The molecule has 17 heavy (non-hydrogen) atoms. The molecule has 0 aromatic heterocycles. The van der Waals surface area contributed by atoms with E-state index in [9.17, 15) is 0 Å². The van der Waals surface area contributed by atoms with Gasteiger partial charge in [-0.2, -0.15) is 0 Å². The first kappa shape index (κ1) is 11.8. The standard InChI is InChI=1S/C15H18O2/c1-10(2)12-8-11-6-5-7-14(16-3)13(11)9-15(12)17-4/h5-10H,1-4H3. The van der Waals surface area contributed by atoms with Crippen LogP contribution in [0.5, 0.6) is 11.5 Å². The fraction of sp³-hybridized carbons (Fsp3) is 0.333. The lowest BCUT2D eigenvalue weighted by molar-refractivity contribution is 0.406. The Morgan fingerprint density at radius 1 is 0.941 bits per heavy atom. The molecule has 90 valence electrons. The number of hydrogen-bond donors (Lipinski definition) is 0. The van der Waals surface area contributed by atoms with E-state index in [0.29, 0.717) is 5.92 Å². The normalized spacial score (nSPS) is 10.9. The fourth-order valence-corrected chi connectivity index (χ4v) is 2.10. The number of methoxy groups -OCH3 is 2. The first-order valence-electron chi connectivity index (χ1n) is 5.82. The maximum atomic E-state index is 5.46. The zero-order valence-electron chi connectivity index (χ0n) is 10.8. The van der Waals surface area contributed by atoms with Gasteiger partial charge in [0, 0.05) is 5.39 Å². The van der Waals surface area contributed by atoms with Crippen LogP contribution in [0.3, 0.4) is 0 Å². The number of hydrogen-bond acceptors (Lipinski definition) is 2. The molecule has 0 saturated carbocycles. The van der Waals surface area contributed by atoms with E-state index in [1.807, 2.05) is 12.1 Å². The van der Waals surface area contributed by atoms with Crippen molar-refractivity contribution >= 4 is 10.8 Å². The minimum Gasteiger partial charge on any atom is -0.496 e. The van der Waals surface area contributed by atoms with Gasteiger partial charge in [0.1, 0.15) is 11.5 Å². The van der Waals surface area contributed by atoms with Gasteiger partial charge in [0.15, 0.2) is 0 Å². The highest BCUT2D eigenvalue weighted by Gasteiger charge is 2.11. The van der Waals surface area contributed by atoms with Crippen LogP contribution in [0.4, 0.5) is 0 Å². The molecule has 0 atom stereocenters. The molecule has 0 bridgehead atoms. The van der Waals surface area contributed by atoms with Gasteiger partial charge in [-0.05, 0) is 35.1 Å². The van der Waals surface area contributed by atoms with Gasteiger partial charge in [0.2, 0.25) is 0 Å². The van der Waals surface area contributed by atoms with E-state index in [1.54, 1.807) is 14.2 Å². The maximum absolute atomic E-state index is 5.46. The van der Waals surface area contributed by atoms with Crippen molar-refractivity contribution in [1.82, 2.24) is 0 Å². The molecule has 0 radical (unpaired) electrons. The lowest BCUT2D eigenvalue weighted by Gasteiger charge is -2.14. The minimum atomic E-state index is 0.445. The molecule has 0 N–H and O–H groups in total. The van der Waals surface area contributed by atoms with Gasteiger partial charge < -0.3 is 9.47 Å². The fourth-order valence-electron chi connectivity index (χ4n) is 2.10. The third kappa shape index (κ3) is 2.07. The van der Waals surface area contributed by atoms with Gasteiger partial charge in [-0.3, -0.25) is 0 Å². The second kappa shape index (κ2) is 4.66. The molecule has 0 fully saturated rings. The molecule has 2 aromatic carbocycles. The van der Waals surface area contributed by atoms with Crippen LogP contribution in [0.15, 0.2) is 30.3 Å². The SMILES string of the molecule is COc1cc2c(OC)cccc2cc1C(C)C. The van der Waals surface area contributed by atoms with Crippen LogP contribution in [-0.2, 0) is 0 Å². The lowest BCUT2D eigenvalue weighted by atomic mass is 9.97. The Labute approximate surface area is 102 Å². The second-order valence-corrected chi connectivity index (χ2v) is 4.43. The molecule has 0 aliphatic carbocycles. The summed E-state index contributed by atoms with van der Waals surface area (Å²) in [7, 11) is 3.40. The smallest absolute Gasteiger partial charge is 0.126 e. The maximum Gasteiger partial charge on any atom is 0.126 e. The Morgan fingerprint density at radius 3 is 2.24 bits per heavy atom. The molecule has 2 heteroatoms. The van der Waals surface area contributed by atoms with Crippen LogP contribution in [0.2, 0.25) is 0 Å². The first-order chi connectivity index (χ1) is 8.17. The molecule has 2 rings (SSSR count). The summed E-state index contributed by atoms with van der Waals surface area (Å²) < 4.78 is 10.8. The number of ether oxygens (including phenoxy) is 2. The average molecular weight is 230 g/mol. The van der Waals surface area contributed by atoms with Gasteiger partial charge in [-0.15, -0.1) is 0 Å². The van der Waals surface area contributed by atoms with Crippen molar-refractivity contribution in [2.75, 3.05) is 14.2 Å². The second-order valence-electron chi connectivity index (χ2n) is 4.43. The van der Waals surface area contributed by atoms with Crippen molar-refractivity contribution in [2.24, 2.45) is 0 Å². The first-order valence-corrected chi connectivity index (χ1v) is 5.82. The summed E-state index contributed by atoms with van der Waals surface area (Å²) >= 11 is 0. The third-order valence-corrected chi connectivity index (χ3v) is 3.03. The van der Waals surface area contributed by atoms with E-state index >= 15 is 0 Å². The highest BCUT2D eigenvalue weighted by molar-refractivity contribution is 5.90. The highest BCUT2D eigenvalue weighted by Crippen LogP contribution is 2.35. The highest BCUT2D eigenvalue weighted by atomic mass is 16.5. The Bertz CT molecular complexity index is 530. The zero-order chi connectivity index (χ0) is 12.4. The molecule has 0 heterocycles. The number of benzene rings is 2. The Kier molecular flexibility index (Phi) is 3.23. The van der Waals surface area contributed by atoms with E-state index in [0.717, 1.165) is 16.9 Å². The van der Waals surface area contributed by atoms with E-state index in [1.165, 1.54) is 10.9 Å². The van der Waals surface area contributed by atoms with Crippen molar-refractivity contribution in [2.45, 2.75) is 19.8 Å². The summed E-state index contributed by atoms with van der Waals surface area (Å²) in [6.45, 7) is 4.34. The third-order valence-electron chi connectivity index (χ3n) is 3.03. The zero-order valence-corrected chi connectivity index (χ0v) is 10.8. The average Bonchev–Trinajstić information content (AvgIpc) is 2.36. The topological polar surface area (TPSA) is 18.5 Å². The summed E-state index contributed by atoms with van der Waals surface area (Å²) in [6.07, 6.45) is 0. The molecule has 0 aliphatic heterocycles. The van der Waals surface area contributed by atoms with E-state index < -0.39 is 0 Å². The van der Waals surface area contributed by atoms with Gasteiger partial charge in [0.05, 0.1) is 14.2 Å². The largest absolute Gasteiger partial charge is 0.496 e. The molecular formula is C15H18O2. The molecule has 0 unspecified atom stereocenters. The molecule has 2 aromatic rings. The summed E-state index contributed by atoms with van der Waals surface area (Å²) in [5.74, 6) is 2.26. The quantitative estimate of drug-likeness (QED) is 0.794. The lowest BCUT2D eigenvalue weighted by Crippen LogP contribution is -1.95. The van der Waals surface area contributed by atoms with E-state index in [4.69, 9.17) is 9.47 Å². The molecular weight excluding hydrogens is 212 g/mol. The molecule has 0 aliphatic rings. The molecule has 0 amide bonds. The van der Waals surface area contributed by atoms with Gasteiger partial charge in [0.25, 0.3) is 0 Å². The van der Waals surface area contributed by atoms with Crippen molar-refractivity contribution in [3.63, 3.8) is 0 Å². The van der Waals surface area contributed by atoms with Crippen LogP contribution in [0.25, 0.3) is 10.8 Å². The van der Waals surface area contributed by atoms with Crippen molar-refractivity contribution in [3.8, 4) is 11.5 Å². The monoisotopic (exact) mass is 230 g/mol. The Hall–Kier alpha value is -1.70. The Morgan fingerprint density at radius 2 is 1.65 bits per heavy atom. The van der Waals surface area contributed by atoms with Crippen LogP contribution in [0, 0.1) is 0 Å². The predicted molar refractivity (Wildman–Crippen MR) is 71.1 cm³/mol. The van der Waals surface area contributed by atoms with Crippen molar-refractivity contribution in [1.29, 1.82) is 0 Å². The van der Waals surface area contributed by atoms with Gasteiger partial charge in [-0.25, -0.2) is 0 Å². The predicted octanol–water partition coefficient (Wildman–Crippen LogP) is 3.98. The van der Waals surface area contributed by atoms with Crippen molar-refractivity contribution in [3.05, 3.63) is 35.9 Å². The summed E-state index contributed by atoms with van der Waals surface area (Å²) in [5, 5.41) is 2.28. The minimum absolute atomic E-state index is 0.445. The number of fused-ring (bicyclic) bond motifs is 1. The van der Waals surface area contributed by atoms with Crippen LogP contribution in [0.1, 0.15) is 25.3 Å². The van der Waals surface area contributed by atoms with E-state index in [2.05, 4.69) is 32.0 Å². The molecule has 0 spiro atoms. The van der Waals surface area contributed by atoms with Crippen LogP contribution in [-0.4, -0.2) is 14.2 Å². The molecule has 0 saturated heterocycles.